The second-order valence-corrected chi connectivity index (χ2v) is 11.7. The molecular weight excluding hydrogens is 644 g/mol. The van der Waals surface area contributed by atoms with Gasteiger partial charge in [-0.05, 0) is 103 Å². The fraction of sp³-hybridized carbons (Fsp3) is 0.767. The molecule has 5 atom stereocenters. The van der Waals surface area contributed by atoms with Gasteiger partial charge in [-0.2, -0.15) is 0 Å². The highest BCUT2D eigenvalue weighted by molar-refractivity contribution is 5.95. The van der Waals surface area contributed by atoms with Gasteiger partial charge >= 0.3 is 11.9 Å². The lowest BCUT2D eigenvalue weighted by Crippen LogP contribution is -2.57. The predicted octanol–water partition coefficient (Wildman–Crippen LogP) is -3.56. The molecule has 0 saturated carbocycles. The number of carbonyl (C=O) groups is 7. The normalized spacial score (nSPS) is 14.0. The van der Waals surface area contributed by atoms with Crippen LogP contribution in [0.2, 0.25) is 0 Å². The molecule has 0 aliphatic heterocycles. The first-order valence-corrected chi connectivity index (χ1v) is 16.8. The van der Waals surface area contributed by atoms with Gasteiger partial charge in [-0.15, -0.1) is 0 Å². The van der Waals surface area contributed by atoms with Gasteiger partial charge in [0.25, 0.3) is 0 Å². The first-order valence-electron chi connectivity index (χ1n) is 16.8. The molecule has 17 N–H and O–H groups in total. The Morgan fingerprint density at radius 1 is 0.490 bits per heavy atom. The van der Waals surface area contributed by atoms with Gasteiger partial charge < -0.3 is 65.5 Å². The van der Waals surface area contributed by atoms with Crippen LogP contribution in [0.25, 0.3) is 0 Å². The van der Waals surface area contributed by atoms with Crippen LogP contribution >= 0.6 is 0 Å². The van der Waals surface area contributed by atoms with Crippen LogP contribution in [0.3, 0.4) is 0 Å². The highest BCUT2D eigenvalue weighted by atomic mass is 16.4. The van der Waals surface area contributed by atoms with Gasteiger partial charge in [0.05, 0.1) is 19.0 Å². The second kappa shape index (κ2) is 27.0. The molecule has 0 fully saturated rings. The molecule has 49 heavy (non-hydrogen) atoms. The molecule has 0 heterocycles. The topological polar surface area (TPSA) is 350 Å². The van der Waals surface area contributed by atoms with Crippen molar-refractivity contribution in [2.24, 2.45) is 28.7 Å². The Labute approximate surface area is 286 Å². The van der Waals surface area contributed by atoms with E-state index in [1.54, 1.807) is 0 Å². The van der Waals surface area contributed by atoms with Crippen molar-refractivity contribution in [3.8, 4) is 0 Å². The van der Waals surface area contributed by atoms with Crippen molar-refractivity contribution >= 4 is 41.5 Å². The van der Waals surface area contributed by atoms with Gasteiger partial charge in [-0.3, -0.25) is 28.8 Å². The van der Waals surface area contributed by atoms with E-state index in [9.17, 15) is 38.7 Å². The van der Waals surface area contributed by atoms with Crippen molar-refractivity contribution < 1.29 is 43.8 Å². The zero-order valence-corrected chi connectivity index (χ0v) is 28.3. The molecule has 0 aliphatic rings. The van der Waals surface area contributed by atoms with Crippen molar-refractivity contribution in [1.82, 2.24) is 26.6 Å². The number of hydrogen-bond acceptors (Lipinski definition) is 12. The van der Waals surface area contributed by atoms with Crippen molar-refractivity contribution in [1.29, 1.82) is 0 Å². The van der Waals surface area contributed by atoms with Crippen molar-refractivity contribution in [3.63, 3.8) is 0 Å². The van der Waals surface area contributed by atoms with Gasteiger partial charge in [0.15, 0.2) is 0 Å². The summed E-state index contributed by atoms with van der Waals surface area (Å²) in [6.45, 7) is 0.808. The minimum Gasteiger partial charge on any atom is -0.481 e. The van der Waals surface area contributed by atoms with E-state index in [1.165, 1.54) is 0 Å². The molecule has 0 aromatic rings. The van der Waals surface area contributed by atoms with Crippen molar-refractivity contribution in [3.05, 3.63) is 0 Å². The summed E-state index contributed by atoms with van der Waals surface area (Å²) >= 11 is 0. The van der Waals surface area contributed by atoms with E-state index in [4.69, 9.17) is 33.8 Å². The Hall–Kier alpha value is -3.91. The quantitative estimate of drug-likeness (QED) is 0.0336. The summed E-state index contributed by atoms with van der Waals surface area (Å²) in [6.07, 6.45) is 3.97. The number of nitrogens with one attached hydrogen (secondary N) is 5. The Morgan fingerprint density at radius 3 is 1.27 bits per heavy atom. The molecule has 0 unspecified atom stereocenters. The van der Waals surface area contributed by atoms with Crippen LogP contribution in [0.1, 0.15) is 83.5 Å². The zero-order valence-electron chi connectivity index (χ0n) is 28.3. The van der Waals surface area contributed by atoms with E-state index in [0.717, 1.165) is 0 Å². The number of carboxylic acids is 2. The average molecular weight is 703 g/mol. The Bertz CT molecular complexity index is 1050. The first-order chi connectivity index (χ1) is 23.3. The molecule has 5 amide bonds. The zero-order chi connectivity index (χ0) is 37.2. The molecule has 0 spiro atoms. The Kier molecular flexibility index (Phi) is 24.8. The summed E-state index contributed by atoms with van der Waals surface area (Å²) in [5.41, 5.74) is 27.8. The Morgan fingerprint density at radius 2 is 0.857 bits per heavy atom. The molecule has 19 nitrogen and oxygen atoms in total. The van der Waals surface area contributed by atoms with Crippen molar-refractivity contribution in [2.45, 2.75) is 114 Å². The molecule has 282 valence electrons. The fourth-order valence-corrected chi connectivity index (χ4v) is 4.68. The number of aliphatic carboxylic acids is 2. The molecule has 19 heteroatoms. The highest BCUT2D eigenvalue weighted by Crippen LogP contribution is 2.08. The minimum atomic E-state index is -1.41. The van der Waals surface area contributed by atoms with Crippen LogP contribution in [0.4, 0.5) is 0 Å². The van der Waals surface area contributed by atoms with Crippen LogP contribution < -0.4 is 55.3 Å². The van der Waals surface area contributed by atoms with Gasteiger partial charge in [-0.25, -0.2) is 4.79 Å². The van der Waals surface area contributed by atoms with Gasteiger partial charge in [0, 0.05) is 0 Å². The van der Waals surface area contributed by atoms with E-state index in [2.05, 4.69) is 26.6 Å². The third kappa shape index (κ3) is 20.9. The highest BCUT2D eigenvalue weighted by Gasteiger charge is 2.30. The summed E-state index contributed by atoms with van der Waals surface area (Å²) in [5.74, 6) is -6.25. The fourth-order valence-electron chi connectivity index (χ4n) is 4.68. The summed E-state index contributed by atoms with van der Waals surface area (Å²) < 4.78 is 0. The lowest BCUT2D eigenvalue weighted by atomic mass is 10.0. The van der Waals surface area contributed by atoms with Gasteiger partial charge in [0.1, 0.15) is 24.2 Å². The van der Waals surface area contributed by atoms with E-state index in [-0.39, 0.29) is 25.7 Å². The molecular formula is C30H58N10O9. The maximum Gasteiger partial charge on any atom is 0.326 e. The number of rotatable bonds is 29. The minimum absolute atomic E-state index is 0.136. The number of carboxylic acid groups (broad SMARTS) is 2. The summed E-state index contributed by atoms with van der Waals surface area (Å²) in [4.78, 5) is 87.5. The van der Waals surface area contributed by atoms with E-state index < -0.39 is 84.6 Å². The molecule has 0 bridgehead atoms. The van der Waals surface area contributed by atoms with Gasteiger partial charge in [0.2, 0.25) is 29.5 Å². The lowest BCUT2D eigenvalue weighted by Gasteiger charge is -2.24. The van der Waals surface area contributed by atoms with Crippen LogP contribution in [0.5, 0.6) is 0 Å². The molecule has 0 radical (unpaired) electrons. The smallest absolute Gasteiger partial charge is 0.326 e. The molecule has 0 rings (SSSR count). The van der Waals surface area contributed by atoms with Gasteiger partial charge in [-0.1, -0.05) is 0 Å². The molecule has 0 aliphatic carbocycles. The van der Waals surface area contributed by atoms with Crippen LogP contribution in [0, 0.1) is 0 Å². The summed E-state index contributed by atoms with van der Waals surface area (Å²) in [6, 6.07) is -5.97. The van der Waals surface area contributed by atoms with E-state index in [0.29, 0.717) is 77.5 Å². The largest absolute Gasteiger partial charge is 0.481 e. The number of nitrogens with two attached hydrogens (primary N) is 5. The first kappa shape index (κ1) is 45.1. The van der Waals surface area contributed by atoms with E-state index in [1.807, 2.05) is 0 Å². The number of unbranched alkanes of at least 4 members (excludes halogenated alkanes) is 4. The summed E-state index contributed by atoms with van der Waals surface area (Å²) in [5, 5.41) is 31.0. The maximum absolute atomic E-state index is 13.3. The van der Waals surface area contributed by atoms with Crippen LogP contribution in [-0.4, -0.2) is 115 Å². The Balaban J connectivity index is 5.64. The van der Waals surface area contributed by atoms with E-state index >= 15 is 0 Å². The van der Waals surface area contributed by atoms with Crippen LogP contribution in [-0.2, 0) is 33.6 Å². The SMILES string of the molecule is NCCCC[C@H](NC(=O)[C@H](CCCCN)NC(=O)CNC(=O)[C@H](CCCCN)NC(=O)[C@H](CCCCN)NC(=O)[C@@H](N)CC(=O)O)C(=O)O. The average Bonchev–Trinajstić information content (AvgIpc) is 3.04. The molecule has 0 saturated heterocycles. The standard InChI is InChI=1S/C30H58N10O9/c31-13-5-1-9-20(39-29(47)22(11-3-7-15-33)38-26(44)19(35)17-25(42)43)27(45)36-18-24(41)37-21(10-2-6-14-32)28(46)40-23(30(48)49)12-4-8-16-34/h19-23H,1-18,31-35H2,(H,36,45)(H,37,41)(H,38,44)(H,39,47)(H,40,46)(H,42,43)(H,48,49)/t19-,20-,21-,22-,23-/m0/s1. The molecule has 0 aromatic carbocycles. The lowest BCUT2D eigenvalue weighted by molar-refractivity contribution is -0.142. The third-order valence-corrected chi connectivity index (χ3v) is 7.47. The number of hydrogen-bond donors (Lipinski definition) is 12. The third-order valence-electron chi connectivity index (χ3n) is 7.47. The molecule has 0 aromatic heterocycles. The second-order valence-electron chi connectivity index (χ2n) is 11.7. The predicted molar refractivity (Wildman–Crippen MR) is 180 cm³/mol. The number of carbonyl (C=O) groups excluding carboxylic acids is 5. The van der Waals surface area contributed by atoms with Crippen molar-refractivity contribution in [2.75, 3.05) is 32.7 Å². The van der Waals surface area contributed by atoms with Crippen LogP contribution in [0.15, 0.2) is 0 Å². The number of amides is 5. The summed E-state index contributed by atoms with van der Waals surface area (Å²) in [7, 11) is 0. The maximum atomic E-state index is 13.3. The monoisotopic (exact) mass is 702 g/mol.